The van der Waals surface area contributed by atoms with Gasteiger partial charge in [0, 0.05) is 6.54 Å². The number of allylic oxidation sites excluding steroid dienone is 2. The normalized spacial score (nSPS) is 11.6. The third-order valence-corrected chi connectivity index (χ3v) is 2.37. The van der Waals surface area contributed by atoms with Crippen molar-refractivity contribution in [2.45, 2.75) is 26.3 Å². The molecular weight excluding hydrogens is 202 g/mol. The molecule has 0 aromatic carbocycles. The molecule has 0 spiro atoms. The van der Waals surface area contributed by atoms with Crippen molar-refractivity contribution >= 4 is 17.0 Å². The summed E-state index contributed by atoms with van der Waals surface area (Å²) in [5.41, 5.74) is 7.19. The van der Waals surface area contributed by atoms with E-state index in [0.717, 1.165) is 25.0 Å². The van der Waals surface area contributed by atoms with Crippen LogP contribution in [-0.4, -0.2) is 19.5 Å². The highest BCUT2D eigenvalue weighted by Crippen LogP contribution is 2.14. The van der Waals surface area contributed by atoms with Crippen molar-refractivity contribution < 1.29 is 0 Å². The molecule has 0 radical (unpaired) electrons. The number of anilines is 1. The van der Waals surface area contributed by atoms with Gasteiger partial charge in [-0.15, -0.1) is 0 Å². The van der Waals surface area contributed by atoms with Gasteiger partial charge in [-0.05, 0) is 12.8 Å². The summed E-state index contributed by atoms with van der Waals surface area (Å²) >= 11 is 0. The highest BCUT2D eigenvalue weighted by Gasteiger charge is 2.06. The smallest absolute Gasteiger partial charge is 0.165 e. The second-order valence-corrected chi connectivity index (χ2v) is 3.54. The lowest BCUT2D eigenvalue weighted by atomic mass is 10.3. The van der Waals surface area contributed by atoms with E-state index in [-0.39, 0.29) is 0 Å². The van der Waals surface area contributed by atoms with Crippen molar-refractivity contribution in [1.29, 1.82) is 0 Å². The molecule has 0 unspecified atom stereocenters. The number of nitrogens with zero attached hydrogens (tertiary/aromatic N) is 4. The molecule has 0 saturated carbocycles. The zero-order valence-electron chi connectivity index (χ0n) is 9.30. The summed E-state index contributed by atoms with van der Waals surface area (Å²) in [5, 5.41) is 0. The molecule has 5 heteroatoms. The number of hydrogen-bond donors (Lipinski definition) is 1. The summed E-state index contributed by atoms with van der Waals surface area (Å²) in [5.74, 6) is 0.438. The molecule has 0 fully saturated rings. The maximum Gasteiger partial charge on any atom is 0.165 e. The summed E-state index contributed by atoms with van der Waals surface area (Å²) in [6, 6.07) is 0. The average molecular weight is 217 g/mol. The summed E-state index contributed by atoms with van der Waals surface area (Å²) in [6.07, 6.45) is 9.59. The molecule has 0 atom stereocenters. The van der Waals surface area contributed by atoms with Gasteiger partial charge in [0.15, 0.2) is 11.5 Å². The molecule has 0 saturated heterocycles. The van der Waals surface area contributed by atoms with Crippen LogP contribution in [0.1, 0.15) is 19.8 Å². The molecule has 0 amide bonds. The van der Waals surface area contributed by atoms with Crippen LogP contribution in [0.5, 0.6) is 0 Å². The Morgan fingerprint density at radius 1 is 1.31 bits per heavy atom. The summed E-state index contributed by atoms with van der Waals surface area (Å²) in [4.78, 5) is 12.3. The molecule has 2 aromatic heterocycles. The Bertz CT molecular complexity index is 500. The zero-order valence-corrected chi connectivity index (χ0v) is 9.30. The molecule has 2 N–H and O–H groups in total. The van der Waals surface area contributed by atoms with E-state index in [4.69, 9.17) is 5.73 Å². The lowest BCUT2D eigenvalue weighted by Crippen LogP contribution is -1.98. The zero-order chi connectivity index (χ0) is 11.4. The van der Waals surface area contributed by atoms with E-state index < -0.39 is 0 Å². The van der Waals surface area contributed by atoms with Crippen molar-refractivity contribution in [2.75, 3.05) is 5.73 Å². The van der Waals surface area contributed by atoms with Gasteiger partial charge < -0.3 is 10.3 Å². The minimum Gasteiger partial charge on any atom is -0.382 e. The van der Waals surface area contributed by atoms with Crippen molar-refractivity contribution in [3.63, 3.8) is 0 Å². The van der Waals surface area contributed by atoms with Crippen LogP contribution in [0, 0.1) is 0 Å². The molecule has 2 heterocycles. The maximum atomic E-state index is 5.70. The molecular formula is C11H15N5. The Hall–Kier alpha value is -1.91. The lowest BCUT2D eigenvalue weighted by Gasteiger charge is -2.00. The number of hydrogen-bond acceptors (Lipinski definition) is 4. The number of imidazole rings is 1. The first kappa shape index (κ1) is 10.6. The second kappa shape index (κ2) is 4.74. The highest BCUT2D eigenvalue weighted by molar-refractivity contribution is 5.80. The Labute approximate surface area is 94.0 Å². The Morgan fingerprint density at radius 2 is 2.19 bits per heavy atom. The molecule has 0 aliphatic carbocycles. The quantitative estimate of drug-likeness (QED) is 0.792. The van der Waals surface area contributed by atoms with E-state index in [0.29, 0.717) is 11.3 Å². The topological polar surface area (TPSA) is 69.6 Å². The van der Waals surface area contributed by atoms with E-state index in [9.17, 15) is 0 Å². The number of aromatic nitrogens is 4. The number of aryl methyl sites for hydroxylation is 1. The standard InChI is InChI=1S/C11H15N5/c1-2-3-4-5-6-16-8-15-9-10(12)13-7-14-11(9)16/h3-4,7-8H,2,5-6H2,1H3,(H2,12,13,14)/b4-3+. The molecule has 2 aromatic rings. The Morgan fingerprint density at radius 3 is 3.00 bits per heavy atom. The van der Waals surface area contributed by atoms with Crippen molar-refractivity contribution in [1.82, 2.24) is 19.5 Å². The first-order valence-electron chi connectivity index (χ1n) is 5.39. The fourth-order valence-corrected chi connectivity index (χ4v) is 1.56. The largest absolute Gasteiger partial charge is 0.382 e. The van der Waals surface area contributed by atoms with Crippen LogP contribution < -0.4 is 5.73 Å². The monoisotopic (exact) mass is 217 g/mol. The third-order valence-electron chi connectivity index (χ3n) is 2.37. The van der Waals surface area contributed by atoms with E-state index >= 15 is 0 Å². The van der Waals surface area contributed by atoms with Crippen molar-refractivity contribution in [2.24, 2.45) is 0 Å². The summed E-state index contributed by atoms with van der Waals surface area (Å²) < 4.78 is 1.99. The molecule has 2 rings (SSSR count). The molecule has 16 heavy (non-hydrogen) atoms. The van der Waals surface area contributed by atoms with E-state index in [1.807, 2.05) is 4.57 Å². The molecule has 5 nitrogen and oxygen atoms in total. The highest BCUT2D eigenvalue weighted by atomic mass is 15.1. The van der Waals surface area contributed by atoms with Gasteiger partial charge in [-0.25, -0.2) is 15.0 Å². The van der Waals surface area contributed by atoms with E-state index in [1.165, 1.54) is 6.33 Å². The van der Waals surface area contributed by atoms with Crippen LogP contribution in [0.2, 0.25) is 0 Å². The lowest BCUT2D eigenvalue weighted by molar-refractivity contribution is 0.722. The predicted octanol–water partition coefficient (Wildman–Crippen LogP) is 1.76. The second-order valence-electron chi connectivity index (χ2n) is 3.54. The maximum absolute atomic E-state index is 5.70. The van der Waals surface area contributed by atoms with Gasteiger partial charge in [0.25, 0.3) is 0 Å². The first-order valence-corrected chi connectivity index (χ1v) is 5.39. The summed E-state index contributed by atoms with van der Waals surface area (Å²) in [6.45, 7) is 2.99. The minimum atomic E-state index is 0.438. The van der Waals surface area contributed by atoms with Crippen molar-refractivity contribution in [3.8, 4) is 0 Å². The van der Waals surface area contributed by atoms with Gasteiger partial charge in [-0.3, -0.25) is 0 Å². The van der Waals surface area contributed by atoms with Gasteiger partial charge in [-0.1, -0.05) is 19.1 Å². The van der Waals surface area contributed by atoms with E-state index in [1.54, 1.807) is 6.33 Å². The van der Waals surface area contributed by atoms with Crippen LogP contribution in [-0.2, 0) is 6.54 Å². The average Bonchev–Trinajstić information content (AvgIpc) is 2.70. The number of nitrogens with two attached hydrogens (primary N) is 1. The van der Waals surface area contributed by atoms with Crippen LogP contribution in [0.15, 0.2) is 24.8 Å². The SMILES string of the molecule is CC/C=C/CCn1cnc2c(N)ncnc21. The number of rotatable bonds is 4. The fourth-order valence-electron chi connectivity index (χ4n) is 1.56. The summed E-state index contributed by atoms with van der Waals surface area (Å²) in [7, 11) is 0. The fraction of sp³-hybridized carbons (Fsp3) is 0.364. The molecule has 0 aliphatic heterocycles. The van der Waals surface area contributed by atoms with Crippen molar-refractivity contribution in [3.05, 3.63) is 24.8 Å². The van der Waals surface area contributed by atoms with E-state index in [2.05, 4.69) is 34.0 Å². The van der Waals surface area contributed by atoms with Gasteiger partial charge >= 0.3 is 0 Å². The number of nitrogen functional groups attached to an aromatic ring is 1. The molecule has 0 aliphatic rings. The van der Waals surface area contributed by atoms with Gasteiger partial charge in [0.2, 0.25) is 0 Å². The first-order chi connectivity index (χ1) is 7.83. The molecule has 0 bridgehead atoms. The Kier molecular flexibility index (Phi) is 3.14. The van der Waals surface area contributed by atoms with Crippen LogP contribution in [0.25, 0.3) is 11.2 Å². The third kappa shape index (κ3) is 2.03. The molecule has 84 valence electrons. The Balaban J connectivity index is 2.19. The van der Waals surface area contributed by atoms with Crippen LogP contribution in [0.3, 0.4) is 0 Å². The van der Waals surface area contributed by atoms with Gasteiger partial charge in [0.1, 0.15) is 11.8 Å². The van der Waals surface area contributed by atoms with Gasteiger partial charge in [0.05, 0.1) is 6.33 Å². The minimum absolute atomic E-state index is 0.438. The number of fused-ring (bicyclic) bond motifs is 1. The van der Waals surface area contributed by atoms with Gasteiger partial charge in [-0.2, -0.15) is 0 Å². The van der Waals surface area contributed by atoms with Crippen LogP contribution in [0.4, 0.5) is 5.82 Å². The predicted molar refractivity (Wildman–Crippen MR) is 63.8 cm³/mol. The van der Waals surface area contributed by atoms with Crippen LogP contribution >= 0.6 is 0 Å².